The van der Waals surface area contributed by atoms with Gasteiger partial charge in [0.2, 0.25) is 0 Å². The summed E-state index contributed by atoms with van der Waals surface area (Å²) in [6.45, 7) is 9.55. The molecule has 1 aromatic carbocycles. The van der Waals surface area contributed by atoms with Crippen molar-refractivity contribution in [1.82, 2.24) is 25.4 Å². The van der Waals surface area contributed by atoms with Crippen LogP contribution >= 0.6 is 39.9 Å². The number of benzene rings is 1. The number of nitrogens with one attached hydrogen (secondary N) is 2. The lowest BCUT2D eigenvalue weighted by molar-refractivity contribution is 0.721. The van der Waals surface area contributed by atoms with Crippen LogP contribution in [-0.2, 0) is 20.1 Å². The van der Waals surface area contributed by atoms with E-state index < -0.39 is 0 Å². The summed E-state index contributed by atoms with van der Waals surface area (Å²) in [6.07, 6.45) is 1.80. The van der Waals surface area contributed by atoms with Crippen LogP contribution in [-0.4, -0.2) is 27.3 Å². The number of halogens is 2. The van der Waals surface area contributed by atoms with Crippen molar-refractivity contribution in [3.63, 3.8) is 0 Å². The molecule has 0 spiro atoms. The Kier molecular flexibility index (Phi) is 9.12. The van der Waals surface area contributed by atoms with Crippen LogP contribution in [0.3, 0.4) is 0 Å². The fraction of sp³-hybridized carbons (Fsp3) is 0.353. The fourth-order valence-electron chi connectivity index (χ4n) is 2.11. The van der Waals surface area contributed by atoms with Gasteiger partial charge in [-0.15, -0.1) is 40.8 Å². The second kappa shape index (κ2) is 10.5. The summed E-state index contributed by atoms with van der Waals surface area (Å²) in [5, 5.41) is 14.7. The van der Waals surface area contributed by atoms with E-state index in [-0.39, 0.29) is 24.0 Å². The van der Waals surface area contributed by atoms with E-state index in [2.05, 4.69) is 67.4 Å². The molecule has 8 heteroatoms. The molecule has 0 bridgehead atoms. The molecule has 2 rings (SSSR count). The van der Waals surface area contributed by atoms with Gasteiger partial charge in [0.15, 0.2) is 11.8 Å². The molecule has 6 nitrogen and oxygen atoms in total. The van der Waals surface area contributed by atoms with Crippen molar-refractivity contribution < 1.29 is 0 Å². The number of nitrogens with zero attached hydrogens (tertiary/aromatic N) is 4. The number of hydrogen-bond donors (Lipinski definition) is 2. The Bertz CT molecular complexity index is 741. The van der Waals surface area contributed by atoms with Gasteiger partial charge in [-0.05, 0) is 37.1 Å². The topological polar surface area (TPSA) is 67.1 Å². The largest absolute Gasteiger partial charge is 0.353 e. The summed E-state index contributed by atoms with van der Waals surface area (Å²) in [5.74, 6) is 2.47. The summed E-state index contributed by atoms with van der Waals surface area (Å²) in [6, 6.07) is 6.21. The van der Waals surface area contributed by atoms with Crippen LogP contribution in [0.25, 0.3) is 0 Å². The second-order valence-corrected chi connectivity index (χ2v) is 6.40. The lowest BCUT2D eigenvalue weighted by Gasteiger charge is -2.12. The molecule has 25 heavy (non-hydrogen) atoms. The highest BCUT2D eigenvalue weighted by atomic mass is 127. The highest BCUT2D eigenvalue weighted by Gasteiger charge is 2.06. The van der Waals surface area contributed by atoms with E-state index >= 15 is 0 Å². The molecule has 0 radical (unpaired) electrons. The highest BCUT2D eigenvalue weighted by Crippen LogP contribution is 2.16. The van der Waals surface area contributed by atoms with E-state index in [9.17, 15) is 0 Å². The van der Waals surface area contributed by atoms with Crippen LogP contribution in [0, 0.1) is 13.8 Å². The third kappa shape index (κ3) is 6.43. The quantitative estimate of drug-likeness (QED) is 0.266. The average molecular weight is 519 g/mol. The zero-order valence-corrected chi connectivity index (χ0v) is 18.6. The number of aromatic nitrogens is 3. The average Bonchev–Trinajstić information content (AvgIpc) is 2.87. The summed E-state index contributed by atoms with van der Waals surface area (Å²) >= 11 is 3.48. The predicted molar refractivity (Wildman–Crippen MR) is 116 cm³/mol. The highest BCUT2D eigenvalue weighted by molar-refractivity contribution is 14.0. The van der Waals surface area contributed by atoms with Crippen molar-refractivity contribution in [2.45, 2.75) is 26.9 Å². The van der Waals surface area contributed by atoms with Gasteiger partial charge >= 0.3 is 0 Å². The standard InChI is InChI=1S/C17H23BrN6.HI/c1-5-8-19-17(21-11-16-23-22-13(3)24(16)4)20-10-14-6-7-15(18)9-12(14)2;/h5-7,9H,1,8,10-11H2,2-4H3,(H2,19,20,21);1H. The molecule has 0 atom stereocenters. The van der Waals surface area contributed by atoms with Crippen LogP contribution in [0.4, 0.5) is 0 Å². The molecule has 136 valence electrons. The number of aliphatic imine (C=N–C) groups is 1. The maximum absolute atomic E-state index is 4.65. The van der Waals surface area contributed by atoms with E-state index in [1.54, 1.807) is 6.08 Å². The minimum atomic E-state index is 0. The molecule has 0 unspecified atom stereocenters. The van der Waals surface area contributed by atoms with Gasteiger partial charge in [0.05, 0.1) is 13.1 Å². The normalized spacial score (nSPS) is 11.0. The molecule has 0 amide bonds. The summed E-state index contributed by atoms with van der Waals surface area (Å²) in [4.78, 5) is 4.65. The Labute approximate surface area is 174 Å². The van der Waals surface area contributed by atoms with Crippen molar-refractivity contribution in [2.75, 3.05) is 6.54 Å². The van der Waals surface area contributed by atoms with Gasteiger partial charge < -0.3 is 15.2 Å². The summed E-state index contributed by atoms with van der Waals surface area (Å²) < 4.78 is 3.03. The molecule has 0 aliphatic heterocycles. The SMILES string of the molecule is C=CCNC(=NCc1ccc(Br)cc1C)NCc1nnc(C)n1C.I. The van der Waals surface area contributed by atoms with E-state index in [1.807, 2.05) is 24.6 Å². The first-order valence-electron chi connectivity index (χ1n) is 7.74. The monoisotopic (exact) mass is 518 g/mol. The van der Waals surface area contributed by atoms with E-state index in [4.69, 9.17) is 0 Å². The Morgan fingerprint density at radius 2 is 2.08 bits per heavy atom. The van der Waals surface area contributed by atoms with Gasteiger partial charge in [-0.3, -0.25) is 0 Å². The Morgan fingerprint density at radius 1 is 1.32 bits per heavy atom. The van der Waals surface area contributed by atoms with Gasteiger partial charge in [0, 0.05) is 18.1 Å². The number of guanidine groups is 1. The molecule has 0 aliphatic rings. The first-order valence-corrected chi connectivity index (χ1v) is 8.53. The van der Waals surface area contributed by atoms with Gasteiger partial charge in [-0.2, -0.15) is 0 Å². The lowest BCUT2D eigenvalue weighted by atomic mass is 10.1. The van der Waals surface area contributed by atoms with Gasteiger partial charge in [-0.1, -0.05) is 28.1 Å². The first kappa shape index (κ1) is 21.6. The van der Waals surface area contributed by atoms with Gasteiger partial charge in [0.1, 0.15) is 5.82 Å². The van der Waals surface area contributed by atoms with Crippen LogP contribution in [0.15, 0.2) is 40.3 Å². The zero-order chi connectivity index (χ0) is 17.5. The van der Waals surface area contributed by atoms with E-state index in [0.717, 1.165) is 22.1 Å². The molecule has 0 saturated carbocycles. The molecule has 2 N–H and O–H groups in total. The minimum absolute atomic E-state index is 0. The van der Waals surface area contributed by atoms with Crippen LogP contribution < -0.4 is 10.6 Å². The summed E-state index contributed by atoms with van der Waals surface area (Å²) in [5.41, 5.74) is 2.40. The van der Waals surface area contributed by atoms with Crippen molar-refractivity contribution in [1.29, 1.82) is 0 Å². The maximum atomic E-state index is 4.65. The first-order chi connectivity index (χ1) is 11.5. The molecule has 0 saturated heterocycles. The zero-order valence-electron chi connectivity index (χ0n) is 14.7. The fourth-order valence-corrected chi connectivity index (χ4v) is 2.59. The Balaban J connectivity index is 0.00000312. The number of aryl methyl sites for hydroxylation is 2. The van der Waals surface area contributed by atoms with Crippen LogP contribution in [0.2, 0.25) is 0 Å². The Morgan fingerprint density at radius 3 is 2.68 bits per heavy atom. The predicted octanol–water partition coefficient (Wildman–Crippen LogP) is 3.23. The second-order valence-electron chi connectivity index (χ2n) is 5.48. The number of hydrogen-bond acceptors (Lipinski definition) is 3. The molecule has 1 aromatic heterocycles. The van der Waals surface area contributed by atoms with Crippen LogP contribution in [0.5, 0.6) is 0 Å². The number of rotatable bonds is 6. The van der Waals surface area contributed by atoms with Crippen LogP contribution in [0.1, 0.15) is 22.8 Å². The molecular formula is C17H24BrIN6. The maximum Gasteiger partial charge on any atom is 0.192 e. The molecule has 1 heterocycles. The molecular weight excluding hydrogens is 495 g/mol. The summed E-state index contributed by atoms with van der Waals surface area (Å²) in [7, 11) is 1.95. The third-order valence-electron chi connectivity index (χ3n) is 3.72. The molecule has 0 aliphatic carbocycles. The Hall–Kier alpha value is -1.42. The lowest BCUT2D eigenvalue weighted by Crippen LogP contribution is -2.37. The van der Waals surface area contributed by atoms with E-state index in [0.29, 0.717) is 19.6 Å². The minimum Gasteiger partial charge on any atom is -0.353 e. The van der Waals surface area contributed by atoms with Crippen molar-refractivity contribution >= 4 is 45.9 Å². The molecule has 2 aromatic rings. The smallest absolute Gasteiger partial charge is 0.192 e. The van der Waals surface area contributed by atoms with Crippen molar-refractivity contribution in [3.05, 3.63) is 58.1 Å². The van der Waals surface area contributed by atoms with Crippen molar-refractivity contribution in [3.8, 4) is 0 Å². The third-order valence-corrected chi connectivity index (χ3v) is 4.22. The van der Waals surface area contributed by atoms with Gasteiger partial charge in [0.25, 0.3) is 0 Å². The van der Waals surface area contributed by atoms with Gasteiger partial charge in [-0.25, -0.2) is 4.99 Å². The molecule has 0 fully saturated rings. The van der Waals surface area contributed by atoms with Crippen molar-refractivity contribution in [2.24, 2.45) is 12.0 Å². The van der Waals surface area contributed by atoms with E-state index in [1.165, 1.54) is 11.1 Å².